The smallest absolute Gasteiger partial charge is 0.242 e. The zero-order valence-electron chi connectivity index (χ0n) is 10.1. The molecule has 0 aromatic heterocycles. The Labute approximate surface area is 101 Å². The Hall–Kier alpha value is -1.11. The predicted molar refractivity (Wildman–Crippen MR) is 63.1 cm³/mol. The molecule has 7 heteroatoms. The van der Waals surface area contributed by atoms with E-state index in [0.29, 0.717) is 13.0 Å². The Kier molecular flexibility index (Phi) is 4.50. The number of nitrogens with zero attached hydrogens (tertiary/aromatic N) is 1. The molecule has 6 nitrogen and oxygen atoms in total. The number of carbonyl (C=O) groups excluding carboxylic acids is 2. The summed E-state index contributed by atoms with van der Waals surface area (Å²) in [5.41, 5.74) is 0. The average molecular weight is 262 g/mol. The molecule has 1 rings (SSSR count). The van der Waals surface area contributed by atoms with E-state index in [2.05, 4.69) is 5.32 Å². The van der Waals surface area contributed by atoms with E-state index in [1.807, 2.05) is 0 Å². The Morgan fingerprint density at radius 3 is 2.65 bits per heavy atom. The first-order chi connectivity index (χ1) is 7.79. The molecule has 1 aliphatic rings. The predicted octanol–water partition coefficient (Wildman–Crippen LogP) is -0.842. The van der Waals surface area contributed by atoms with Crippen molar-refractivity contribution in [2.24, 2.45) is 0 Å². The van der Waals surface area contributed by atoms with Gasteiger partial charge in [-0.05, 0) is 13.3 Å². The summed E-state index contributed by atoms with van der Waals surface area (Å²) < 4.78 is 22.0. The molecule has 1 saturated heterocycles. The molecule has 1 N–H and O–H groups in total. The molecule has 1 aliphatic heterocycles. The zero-order chi connectivity index (χ0) is 13.1. The second-order valence-electron chi connectivity index (χ2n) is 4.40. The van der Waals surface area contributed by atoms with E-state index in [0.717, 1.165) is 0 Å². The highest BCUT2D eigenvalue weighted by atomic mass is 32.2. The molecule has 1 fully saturated rings. The normalized spacial score (nSPS) is 22.2. The first-order valence-corrected chi connectivity index (χ1v) is 7.59. The summed E-state index contributed by atoms with van der Waals surface area (Å²) in [6, 6.07) is -0.176. The number of amides is 2. The summed E-state index contributed by atoms with van der Waals surface area (Å²) in [7, 11) is -3.00. The standard InChI is InChI=1S/C10H18N2O4S/c1-8-6-9(13)11-7-10(14)12(8)4-3-5-17(2,15)16/h8H,3-7H2,1-2H3,(H,11,13). The lowest BCUT2D eigenvalue weighted by molar-refractivity contribution is -0.131. The average Bonchev–Trinajstić information content (AvgIpc) is 2.29. The van der Waals surface area contributed by atoms with Crippen LogP contribution in [0.1, 0.15) is 19.8 Å². The van der Waals surface area contributed by atoms with Crippen LogP contribution >= 0.6 is 0 Å². The Bertz CT molecular complexity index is 405. The third-order valence-corrected chi connectivity index (χ3v) is 3.71. The van der Waals surface area contributed by atoms with Crippen molar-refractivity contribution < 1.29 is 18.0 Å². The van der Waals surface area contributed by atoms with Gasteiger partial charge < -0.3 is 10.2 Å². The largest absolute Gasteiger partial charge is 0.347 e. The van der Waals surface area contributed by atoms with E-state index in [9.17, 15) is 18.0 Å². The molecule has 0 aromatic rings. The van der Waals surface area contributed by atoms with Gasteiger partial charge >= 0.3 is 0 Å². The molecule has 1 atom stereocenters. The summed E-state index contributed by atoms with van der Waals surface area (Å²) in [6.07, 6.45) is 1.85. The lowest BCUT2D eigenvalue weighted by atomic mass is 10.2. The molecule has 0 radical (unpaired) electrons. The SMILES string of the molecule is CC1CC(=O)NCC(=O)N1CCCS(C)(=O)=O. The second kappa shape index (κ2) is 5.48. The first kappa shape index (κ1) is 14.0. The van der Waals surface area contributed by atoms with Crippen LogP contribution in [0.15, 0.2) is 0 Å². The van der Waals surface area contributed by atoms with Crippen molar-refractivity contribution in [1.29, 1.82) is 0 Å². The van der Waals surface area contributed by atoms with Gasteiger partial charge in [0.2, 0.25) is 11.8 Å². The van der Waals surface area contributed by atoms with E-state index < -0.39 is 9.84 Å². The number of rotatable bonds is 4. The van der Waals surface area contributed by atoms with Gasteiger partial charge in [0.05, 0.1) is 12.3 Å². The Balaban J connectivity index is 2.55. The van der Waals surface area contributed by atoms with Crippen molar-refractivity contribution in [2.75, 3.05) is 25.1 Å². The van der Waals surface area contributed by atoms with Crippen LogP contribution in [0, 0.1) is 0 Å². The van der Waals surface area contributed by atoms with Crippen LogP contribution in [0.5, 0.6) is 0 Å². The Morgan fingerprint density at radius 2 is 2.06 bits per heavy atom. The number of hydrogen-bond acceptors (Lipinski definition) is 4. The van der Waals surface area contributed by atoms with Crippen molar-refractivity contribution in [2.45, 2.75) is 25.8 Å². The molecule has 17 heavy (non-hydrogen) atoms. The monoisotopic (exact) mass is 262 g/mol. The zero-order valence-corrected chi connectivity index (χ0v) is 10.9. The van der Waals surface area contributed by atoms with Gasteiger partial charge in [-0.2, -0.15) is 0 Å². The Morgan fingerprint density at radius 1 is 1.41 bits per heavy atom. The summed E-state index contributed by atoms with van der Waals surface area (Å²) in [4.78, 5) is 24.5. The van der Waals surface area contributed by atoms with E-state index in [1.165, 1.54) is 6.26 Å². The molecule has 0 spiro atoms. The third-order valence-electron chi connectivity index (χ3n) is 2.68. The minimum Gasteiger partial charge on any atom is -0.347 e. The van der Waals surface area contributed by atoms with E-state index in [4.69, 9.17) is 0 Å². The van der Waals surface area contributed by atoms with Crippen LogP contribution in [-0.2, 0) is 19.4 Å². The maximum Gasteiger partial charge on any atom is 0.242 e. The first-order valence-electron chi connectivity index (χ1n) is 5.53. The van der Waals surface area contributed by atoms with E-state index >= 15 is 0 Å². The molecule has 0 bridgehead atoms. The lowest BCUT2D eigenvalue weighted by Gasteiger charge is -2.26. The van der Waals surface area contributed by atoms with Crippen molar-refractivity contribution in [3.63, 3.8) is 0 Å². The van der Waals surface area contributed by atoms with Gasteiger partial charge in [-0.15, -0.1) is 0 Å². The molecule has 1 heterocycles. The van der Waals surface area contributed by atoms with Crippen LogP contribution in [-0.4, -0.2) is 56.3 Å². The number of carbonyl (C=O) groups is 2. The molecule has 2 amide bonds. The maximum absolute atomic E-state index is 11.7. The van der Waals surface area contributed by atoms with Gasteiger partial charge in [-0.1, -0.05) is 0 Å². The van der Waals surface area contributed by atoms with Gasteiger partial charge in [-0.3, -0.25) is 9.59 Å². The van der Waals surface area contributed by atoms with Crippen LogP contribution in [0.3, 0.4) is 0 Å². The molecule has 98 valence electrons. The number of hydrogen-bond donors (Lipinski definition) is 1. The second-order valence-corrected chi connectivity index (χ2v) is 6.66. The van der Waals surface area contributed by atoms with Gasteiger partial charge in [0.1, 0.15) is 9.84 Å². The van der Waals surface area contributed by atoms with Crippen LogP contribution in [0.2, 0.25) is 0 Å². The lowest BCUT2D eigenvalue weighted by Crippen LogP contribution is -2.40. The van der Waals surface area contributed by atoms with Crippen molar-refractivity contribution in [3.8, 4) is 0 Å². The highest BCUT2D eigenvalue weighted by molar-refractivity contribution is 7.90. The minimum atomic E-state index is -3.00. The maximum atomic E-state index is 11.7. The minimum absolute atomic E-state index is 0.00203. The van der Waals surface area contributed by atoms with E-state index in [-0.39, 0.29) is 36.6 Å². The molecular formula is C10H18N2O4S. The summed E-state index contributed by atoms with van der Waals surface area (Å²) >= 11 is 0. The van der Waals surface area contributed by atoms with Crippen LogP contribution in [0.4, 0.5) is 0 Å². The fourth-order valence-electron chi connectivity index (χ4n) is 1.81. The highest BCUT2D eigenvalue weighted by Gasteiger charge is 2.26. The van der Waals surface area contributed by atoms with Gasteiger partial charge in [0.15, 0.2) is 0 Å². The molecule has 0 aliphatic carbocycles. The molecule has 0 aromatic carbocycles. The van der Waals surface area contributed by atoms with Crippen LogP contribution in [0.25, 0.3) is 0 Å². The van der Waals surface area contributed by atoms with Crippen molar-refractivity contribution in [3.05, 3.63) is 0 Å². The number of nitrogens with one attached hydrogen (secondary N) is 1. The van der Waals surface area contributed by atoms with Gasteiger partial charge in [-0.25, -0.2) is 8.42 Å². The highest BCUT2D eigenvalue weighted by Crippen LogP contribution is 2.09. The van der Waals surface area contributed by atoms with Gasteiger partial charge in [0.25, 0.3) is 0 Å². The van der Waals surface area contributed by atoms with Crippen LogP contribution < -0.4 is 5.32 Å². The van der Waals surface area contributed by atoms with Crippen molar-refractivity contribution >= 4 is 21.7 Å². The topological polar surface area (TPSA) is 83.6 Å². The van der Waals surface area contributed by atoms with Crippen molar-refractivity contribution in [1.82, 2.24) is 10.2 Å². The number of sulfone groups is 1. The molecular weight excluding hydrogens is 244 g/mol. The molecule has 1 unspecified atom stereocenters. The summed E-state index contributed by atoms with van der Waals surface area (Å²) in [5.74, 6) is -0.237. The third kappa shape index (κ3) is 4.72. The van der Waals surface area contributed by atoms with Gasteiger partial charge in [0, 0.05) is 25.3 Å². The molecule has 0 saturated carbocycles. The summed E-state index contributed by atoms with van der Waals surface area (Å²) in [5, 5.41) is 2.51. The summed E-state index contributed by atoms with van der Waals surface area (Å²) in [6.45, 7) is 2.17. The van der Waals surface area contributed by atoms with E-state index in [1.54, 1.807) is 11.8 Å². The quantitative estimate of drug-likeness (QED) is 0.716. The fraction of sp³-hybridized carbons (Fsp3) is 0.800. The fourth-order valence-corrected chi connectivity index (χ4v) is 2.47.